The van der Waals surface area contributed by atoms with Gasteiger partial charge in [-0.2, -0.15) is 0 Å². The zero-order chi connectivity index (χ0) is 15.6. The molecule has 22 heavy (non-hydrogen) atoms. The molecule has 0 amide bonds. The summed E-state index contributed by atoms with van der Waals surface area (Å²) in [4.78, 5) is 11.5. The van der Waals surface area contributed by atoms with Crippen molar-refractivity contribution in [3.05, 3.63) is 84.3 Å². The van der Waals surface area contributed by atoms with Crippen LogP contribution >= 0.6 is 0 Å². The molecule has 2 aromatic rings. The summed E-state index contributed by atoms with van der Waals surface area (Å²) >= 11 is 0. The van der Waals surface area contributed by atoms with E-state index in [0.29, 0.717) is 5.69 Å². The van der Waals surface area contributed by atoms with Crippen molar-refractivity contribution >= 4 is 23.8 Å². The van der Waals surface area contributed by atoms with Gasteiger partial charge in [0.1, 0.15) is 6.61 Å². The third kappa shape index (κ3) is 5.67. The number of nitrogens with two attached hydrogens (primary N) is 1. The minimum Gasteiger partial charge on any atom is -0.461 e. The van der Waals surface area contributed by atoms with Crippen LogP contribution in [0.1, 0.15) is 11.1 Å². The zero-order valence-corrected chi connectivity index (χ0v) is 12.2. The molecule has 0 aromatic heterocycles. The van der Waals surface area contributed by atoms with Gasteiger partial charge in [0.05, 0.1) is 6.42 Å². The molecule has 2 N–H and O–H groups in total. The van der Waals surface area contributed by atoms with Crippen LogP contribution in [0.2, 0.25) is 0 Å². The Kier molecular flexibility index (Phi) is 6.00. The van der Waals surface area contributed by atoms with Gasteiger partial charge in [0.2, 0.25) is 0 Å². The second kappa shape index (κ2) is 8.47. The van der Waals surface area contributed by atoms with Crippen molar-refractivity contribution in [3.8, 4) is 0 Å². The first kappa shape index (κ1) is 15.6. The number of benzene rings is 2. The van der Waals surface area contributed by atoms with E-state index in [1.54, 1.807) is 6.08 Å². The van der Waals surface area contributed by atoms with Crippen LogP contribution in [0.3, 0.4) is 0 Å². The first-order chi connectivity index (χ1) is 10.7. The van der Waals surface area contributed by atoms with Gasteiger partial charge in [-0.15, -0.1) is 0 Å². The van der Waals surface area contributed by atoms with Crippen LogP contribution < -0.4 is 5.73 Å². The minimum atomic E-state index is -0.371. The van der Waals surface area contributed by atoms with Crippen LogP contribution in [0.4, 0.5) is 5.69 Å². The first-order valence-corrected chi connectivity index (χ1v) is 6.99. The number of rotatable bonds is 6. The van der Waals surface area contributed by atoms with Crippen LogP contribution in [-0.2, 0) is 9.53 Å². The lowest BCUT2D eigenvalue weighted by Gasteiger charge is -1.98. The molecule has 3 heteroatoms. The van der Waals surface area contributed by atoms with Crippen molar-refractivity contribution in [2.24, 2.45) is 0 Å². The molecule has 0 aliphatic heterocycles. The number of carbonyl (C=O) groups is 1. The summed E-state index contributed by atoms with van der Waals surface area (Å²) in [5.41, 5.74) is 8.36. The Bertz CT molecular complexity index is 643. The first-order valence-electron chi connectivity index (χ1n) is 6.99. The predicted molar refractivity (Wildman–Crippen MR) is 90.6 cm³/mol. The molecule has 0 atom stereocenters. The normalized spacial score (nSPS) is 11.1. The van der Waals surface area contributed by atoms with E-state index in [9.17, 15) is 4.79 Å². The van der Waals surface area contributed by atoms with Gasteiger partial charge >= 0.3 is 5.97 Å². The van der Waals surface area contributed by atoms with Gasteiger partial charge in [-0.1, -0.05) is 60.7 Å². The Morgan fingerprint density at radius 2 is 1.64 bits per heavy atom. The average Bonchev–Trinajstić information content (AvgIpc) is 2.54. The van der Waals surface area contributed by atoms with Crippen LogP contribution in [0.15, 0.2) is 66.7 Å². The van der Waals surface area contributed by atoms with E-state index in [1.807, 2.05) is 72.8 Å². The highest BCUT2D eigenvalue weighted by atomic mass is 16.5. The average molecular weight is 292 g/mol. The van der Waals surface area contributed by atoms with Crippen LogP contribution in [0, 0.1) is 6.42 Å². The maximum absolute atomic E-state index is 11.5. The molecule has 0 spiro atoms. The second-order valence-electron chi connectivity index (χ2n) is 4.64. The summed E-state index contributed by atoms with van der Waals surface area (Å²) in [6.07, 6.45) is 8.60. The number of esters is 1. The molecule has 2 rings (SSSR count). The predicted octanol–water partition coefficient (Wildman–Crippen LogP) is 3.74. The molecule has 0 saturated carbocycles. The van der Waals surface area contributed by atoms with E-state index in [2.05, 4.69) is 0 Å². The summed E-state index contributed by atoms with van der Waals surface area (Å²) in [5, 5.41) is 0. The molecule has 2 aromatic carbocycles. The van der Waals surface area contributed by atoms with Crippen LogP contribution in [0.25, 0.3) is 12.2 Å². The molecule has 0 aliphatic rings. The molecular formula is C19H18NO2. The SMILES string of the molecule is Nc1ccc(C=C[CH]C(=O)OCC=Cc2ccccc2)cc1. The summed E-state index contributed by atoms with van der Waals surface area (Å²) in [7, 11) is 0. The van der Waals surface area contributed by atoms with Gasteiger partial charge in [-0.25, -0.2) is 0 Å². The number of ether oxygens (including phenoxy) is 1. The molecule has 0 unspecified atom stereocenters. The van der Waals surface area contributed by atoms with E-state index >= 15 is 0 Å². The fraction of sp³-hybridized carbons (Fsp3) is 0.0526. The maximum atomic E-state index is 11.5. The largest absolute Gasteiger partial charge is 0.461 e. The van der Waals surface area contributed by atoms with Crippen molar-refractivity contribution < 1.29 is 9.53 Å². The molecule has 111 valence electrons. The standard InChI is InChI=1S/C19H18NO2/c20-18-13-11-17(12-14-18)8-4-10-19(21)22-15-5-9-16-6-2-1-3-7-16/h1-14H,15,20H2. The molecule has 3 nitrogen and oxygen atoms in total. The topological polar surface area (TPSA) is 52.3 Å². The van der Waals surface area contributed by atoms with Crippen molar-refractivity contribution in [2.75, 3.05) is 12.3 Å². The number of hydrogen-bond donors (Lipinski definition) is 1. The highest BCUT2D eigenvalue weighted by Gasteiger charge is 1.98. The monoisotopic (exact) mass is 292 g/mol. The highest BCUT2D eigenvalue weighted by Crippen LogP contribution is 2.07. The Hall–Kier alpha value is -2.81. The summed E-state index contributed by atoms with van der Waals surface area (Å²) in [6, 6.07) is 17.2. The van der Waals surface area contributed by atoms with Crippen molar-refractivity contribution in [3.63, 3.8) is 0 Å². The number of nitrogen functional groups attached to an aromatic ring is 1. The Labute approximate surface area is 130 Å². The zero-order valence-electron chi connectivity index (χ0n) is 12.2. The van der Waals surface area contributed by atoms with Crippen LogP contribution in [-0.4, -0.2) is 12.6 Å². The summed E-state index contributed by atoms with van der Waals surface area (Å²) < 4.78 is 5.07. The van der Waals surface area contributed by atoms with Gasteiger partial charge in [-0.3, -0.25) is 4.79 Å². The summed E-state index contributed by atoms with van der Waals surface area (Å²) in [6.45, 7) is 0.250. The number of anilines is 1. The quantitative estimate of drug-likeness (QED) is 0.651. The molecule has 0 fully saturated rings. The fourth-order valence-electron chi connectivity index (χ4n) is 1.77. The third-order valence-electron chi connectivity index (χ3n) is 2.89. The Morgan fingerprint density at radius 3 is 2.36 bits per heavy atom. The highest BCUT2D eigenvalue weighted by molar-refractivity contribution is 5.82. The van der Waals surface area contributed by atoms with E-state index in [1.165, 1.54) is 6.42 Å². The van der Waals surface area contributed by atoms with Gasteiger partial charge in [-0.05, 0) is 29.3 Å². The van der Waals surface area contributed by atoms with Gasteiger partial charge in [0, 0.05) is 5.69 Å². The second-order valence-corrected chi connectivity index (χ2v) is 4.64. The molecular weight excluding hydrogens is 274 g/mol. The maximum Gasteiger partial charge on any atom is 0.314 e. The van der Waals surface area contributed by atoms with E-state index in [0.717, 1.165) is 11.1 Å². The smallest absolute Gasteiger partial charge is 0.314 e. The summed E-state index contributed by atoms with van der Waals surface area (Å²) in [5.74, 6) is -0.371. The molecule has 0 saturated heterocycles. The molecule has 0 bridgehead atoms. The van der Waals surface area contributed by atoms with Crippen molar-refractivity contribution in [1.29, 1.82) is 0 Å². The third-order valence-corrected chi connectivity index (χ3v) is 2.89. The number of hydrogen-bond acceptors (Lipinski definition) is 3. The van der Waals surface area contributed by atoms with E-state index in [4.69, 9.17) is 10.5 Å². The van der Waals surface area contributed by atoms with E-state index < -0.39 is 0 Å². The van der Waals surface area contributed by atoms with Gasteiger partial charge in [0.15, 0.2) is 0 Å². The van der Waals surface area contributed by atoms with Crippen LogP contribution in [0.5, 0.6) is 0 Å². The molecule has 1 radical (unpaired) electrons. The van der Waals surface area contributed by atoms with E-state index in [-0.39, 0.29) is 12.6 Å². The minimum absolute atomic E-state index is 0.250. The lowest BCUT2D eigenvalue weighted by Crippen LogP contribution is -2.03. The number of carbonyl (C=O) groups excluding carboxylic acids is 1. The van der Waals surface area contributed by atoms with Gasteiger partial charge < -0.3 is 10.5 Å². The molecule has 0 heterocycles. The van der Waals surface area contributed by atoms with Crippen molar-refractivity contribution in [1.82, 2.24) is 0 Å². The lowest BCUT2D eigenvalue weighted by molar-refractivity contribution is -0.137. The van der Waals surface area contributed by atoms with Gasteiger partial charge in [0.25, 0.3) is 0 Å². The molecule has 0 aliphatic carbocycles. The Balaban J connectivity index is 1.70. The fourth-order valence-corrected chi connectivity index (χ4v) is 1.77. The van der Waals surface area contributed by atoms with Crippen molar-refractivity contribution in [2.45, 2.75) is 0 Å². The lowest BCUT2D eigenvalue weighted by atomic mass is 10.2. The Morgan fingerprint density at radius 1 is 0.955 bits per heavy atom.